The number of carbonyl (C=O) groups excluding carboxylic acids is 1. The fourth-order valence-electron chi connectivity index (χ4n) is 3.75. The standard InChI is InChI=1S/C21H25N5O2S/c1-3-13(4-2)19(27)23-18-12-16(17-10-7-11-29-17)25-26(18)21-22-15-9-6-5-8-14(15)20(28)24-21/h7,10-13H,3-6,8-9H2,1-2H3,(H,23,27)(H,22,24,28). The van der Waals surface area contributed by atoms with Gasteiger partial charge in [-0.15, -0.1) is 11.3 Å². The molecule has 0 saturated carbocycles. The van der Waals surface area contributed by atoms with E-state index in [4.69, 9.17) is 0 Å². The summed E-state index contributed by atoms with van der Waals surface area (Å²) >= 11 is 1.57. The van der Waals surface area contributed by atoms with Crippen LogP contribution in [0.5, 0.6) is 0 Å². The Bertz CT molecular complexity index is 1060. The number of H-pyrrole nitrogens is 1. The lowest BCUT2D eigenvalue weighted by atomic mass is 9.97. The molecule has 3 aromatic heterocycles. The minimum absolute atomic E-state index is 0.0470. The summed E-state index contributed by atoms with van der Waals surface area (Å²) in [5.41, 5.74) is 2.23. The monoisotopic (exact) mass is 411 g/mol. The second kappa shape index (κ2) is 8.32. The number of thiophene rings is 1. The lowest BCUT2D eigenvalue weighted by molar-refractivity contribution is -0.120. The van der Waals surface area contributed by atoms with Crippen molar-refractivity contribution >= 4 is 23.1 Å². The van der Waals surface area contributed by atoms with Crippen LogP contribution in [-0.2, 0) is 17.6 Å². The van der Waals surface area contributed by atoms with Crippen LogP contribution in [0.3, 0.4) is 0 Å². The van der Waals surface area contributed by atoms with Crippen molar-refractivity contribution in [1.82, 2.24) is 19.7 Å². The molecule has 8 heteroatoms. The van der Waals surface area contributed by atoms with E-state index < -0.39 is 0 Å². The van der Waals surface area contributed by atoms with Crippen LogP contribution in [0.2, 0.25) is 0 Å². The maximum Gasteiger partial charge on any atom is 0.255 e. The van der Waals surface area contributed by atoms with E-state index in [0.29, 0.717) is 11.8 Å². The number of rotatable bonds is 6. The van der Waals surface area contributed by atoms with Gasteiger partial charge in [0.1, 0.15) is 11.5 Å². The first kappa shape index (κ1) is 19.6. The molecule has 29 heavy (non-hydrogen) atoms. The summed E-state index contributed by atoms with van der Waals surface area (Å²) in [7, 11) is 0. The molecule has 2 N–H and O–H groups in total. The van der Waals surface area contributed by atoms with Crippen molar-refractivity contribution in [3.63, 3.8) is 0 Å². The first-order valence-electron chi connectivity index (χ1n) is 10.2. The molecule has 7 nitrogen and oxygen atoms in total. The number of aromatic amines is 1. The summed E-state index contributed by atoms with van der Waals surface area (Å²) in [5.74, 6) is 0.746. The number of carbonyl (C=O) groups is 1. The van der Waals surface area contributed by atoms with Crippen molar-refractivity contribution in [2.24, 2.45) is 5.92 Å². The SMILES string of the molecule is CCC(CC)C(=O)Nc1cc(-c2cccs2)nn1-c1nc2c(c(=O)[nH]1)CCCC2. The Morgan fingerprint density at radius 1 is 1.31 bits per heavy atom. The number of nitrogens with zero attached hydrogens (tertiary/aromatic N) is 3. The van der Waals surface area contributed by atoms with E-state index >= 15 is 0 Å². The molecule has 152 valence electrons. The topological polar surface area (TPSA) is 92.7 Å². The fourth-order valence-corrected chi connectivity index (χ4v) is 4.44. The van der Waals surface area contributed by atoms with Gasteiger partial charge >= 0.3 is 0 Å². The van der Waals surface area contributed by atoms with Crippen LogP contribution in [-0.4, -0.2) is 25.7 Å². The fraction of sp³-hybridized carbons (Fsp3) is 0.429. The molecule has 0 fully saturated rings. The second-order valence-electron chi connectivity index (χ2n) is 7.33. The molecule has 1 amide bonds. The maximum absolute atomic E-state index is 12.7. The highest BCUT2D eigenvalue weighted by atomic mass is 32.1. The third-order valence-corrected chi connectivity index (χ3v) is 6.36. The molecule has 0 aromatic carbocycles. The quantitative estimate of drug-likeness (QED) is 0.643. The Morgan fingerprint density at radius 3 is 2.83 bits per heavy atom. The van der Waals surface area contributed by atoms with Crippen LogP contribution in [0.1, 0.15) is 50.8 Å². The zero-order chi connectivity index (χ0) is 20.4. The van der Waals surface area contributed by atoms with E-state index in [1.165, 1.54) is 0 Å². The van der Waals surface area contributed by atoms with Gasteiger partial charge in [0.25, 0.3) is 5.56 Å². The van der Waals surface area contributed by atoms with Gasteiger partial charge in [0.15, 0.2) is 0 Å². The Morgan fingerprint density at radius 2 is 2.10 bits per heavy atom. The highest BCUT2D eigenvalue weighted by Crippen LogP contribution is 2.28. The predicted molar refractivity (Wildman–Crippen MR) is 115 cm³/mol. The van der Waals surface area contributed by atoms with Crippen molar-refractivity contribution in [1.29, 1.82) is 0 Å². The van der Waals surface area contributed by atoms with Gasteiger partial charge < -0.3 is 5.32 Å². The normalized spacial score (nSPS) is 13.5. The summed E-state index contributed by atoms with van der Waals surface area (Å²) < 4.78 is 1.55. The number of amides is 1. The Balaban J connectivity index is 1.78. The van der Waals surface area contributed by atoms with Gasteiger partial charge in [0.05, 0.1) is 10.6 Å². The Labute approximate surface area is 173 Å². The van der Waals surface area contributed by atoms with Crippen LogP contribution in [0.15, 0.2) is 28.4 Å². The lowest BCUT2D eigenvalue weighted by Gasteiger charge is -2.16. The molecule has 4 rings (SSSR count). The van der Waals surface area contributed by atoms with Crippen molar-refractivity contribution < 1.29 is 4.79 Å². The third-order valence-electron chi connectivity index (χ3n) is 5.47. The number of hydrogen-bond donors (Lipinski definition) is 2. The van der Waals surface area contributed by atoms with Crippen molar-refractivity contribution in [3.8, 4) is 16.5 Å². The summed E-state index contributed by atoms with van der Waals surface area (Å²) in [6.45, 7) is 4.01. The molecular formula is C21H25N5O2S. The molecule has 0 spiro atoms. The van der Waals surface area contributed by atoms with Crippen molar-refractivity contribution in [2.75, 3.05) is 5.32 Å². The van der Waals surface area contributed by atoms with Crippen LogP contribution in [0.25, 0.3) is 16.5 Å². The van der Waals surface area contributed by atoms with Crippen LogP contribution >= 0.6 is 11.3 Å². The molecule has 0 aliphatic heterocycles. The number of anilines is 1. The van der Waals surface area contributed by atoms with Gasteiger partial charge in [-0.1, -0.05) is 19.9 Å². The molecule has 0 saturated heterocycles. The molecule has 1 aliphatic rings. The van der Waals surface area contributed by atoms with E-state index in [9.17, 15) is 9.59 Å². The molecular weight excluding hydrogens is 386 g/mol. The van der Waals surface area contributed by atoms with Gasteiger partial charge in [-0.05, 0) is 50.0 Å². The Kier molecular flexibility index (Phi) is 5.62. The van der Waals surface area contributed by atoms with E-state index in [1.54, 1.807) is 16.0 Å². The number of fused-ring (bicyclic) bond motifs is 1. The van der Waals surface area contributed by atoms with Gasteiger partial charge in [0, 0.05) is 17.5 Å². The van der Waals surface area contributed by atoms with Crippen LogP contribution in [0, 0.1) is 5.92 Å². The second-order valence-corrected chi connectivity index (χ2v) is 8.28. The maximum atomic E-state index is 12.7. The average Bonchev–Trinajstić information content (AvgIpc) is 3.39. The smallest absolute Gasteiger partial charge is 0.255 e. The zero-order valence-electron chi connectivity index (χ0n) is 16.7. The van der Waals surface area contributed by atoms with E-state index in [0.717, 1.165) is 60.4 Å². The first-order valence-corrected chi connectivity index (χ1v) is 11.1. The number of hydrogen-bond acceptors (Lipinski definition) is 5. The lowest BCUT2D eigenvalue weighted by Crippen LogP contribution is -2.26. The third kappa shape index (κ3) is 3.89. The first-order chi connectivity index (χ1) is 14.1. The minimum Gasteiger partial charge on any atom is -0.310 e. The number of aromatic nitrogens is 4. The van der Waals surface area contributed by atoms with Crippen LogP contribution in [0.4, 0.5) is 5.82 Å². The van der Waals surface area contributed by atoms with Gasteiger partial charge in [-0.2, -0.15) is 9.78 Å². The van der Waals surface area contributed by atoms with Gasteiger partial charge in [-0.3, -0.25) is 14.6 Å². The van der Waals surface area contributed by atoms with Crippen molar-refractivity contribution in [2.45, 2.75) is 52.4 Å². The predicted octanol–water partition coefficient (Wildman–Crippen LogP) is 3.94. The molecule has 0 radical (unpaired) electrons. The van der Waals surface area contributed by atoms with Gasteiger partial charge in [-0.25, -0.2) is 4.98 Å². The molecule has 0 bridgehead atoms. The molecule has 0 unspecified atom stereocenters. The number of nitrogens with one attached hydrogen (secondary N) is 2. The number of aryl methyl sites for hydroxylation is 1. The largest absolute Gasteiger partial charge is 0.310 e. The molecule has 1 aliphatic carbocycles. The van der Waals surface area contributed by atoms with E-state index in [2.05, 4.69) is 20.4 Å². The molecule has 3 heterocycles. The summed E-state index contributed by atoms with van der Waals surface area (Å²) in [4.78, 5) is 33.9. The summed E-state index contributed by atoms with van der Waals surface area (Å²) in [6, 6.07) is 5.78. The highest BCUT2D eigenvalue weighted by Gasteiger charge is 2.22. The van der Waals surface area contributed by atoms with E-state index in [-0.39, 0.29) is 17.4 Å². The molecule has 0 atom stereocenters. The molecule has 3 aromatic rings. The minimum atomic E-state index is -0.116. The van der Waals surface area contributed by atoms with E-state index in [1.807, 2.05) is 37.4 Å². The highest BCUT2D eigenvalue weighted by molar-refractivity contribution is 7.13. The van der Waals surface area contributed by atoms with Gasteiger partial charge in [0.2, 0.25) is 11.9 Å². The van der Waals surface area contributed by atoms with Crippen molar-refractivity contribution in [3.05, 3.63) is 45.2 Å². The summed E-state index contributed by atoms with van der Waals surface area (Å²) in [5, 5.41) is 9.64. The summed E-state index contributed by atoms with van der Waals surface area (Å²) in [6.07, 6.45) is 5.12. The zero-order valence-corrected chi connectivity index (χ0v) is 17.5. The Hall–Kier alpha value is -2.74. The average molecular weight is 412 g/mol. The van der Waals surface area contributed by atoms with Crippen LogP contribution < -0.4 is 10.9 Å².